The lowest BCUT2D eigenvalue weighted by molar-refractivity contribution is -0.142. The second-order valence-electron chi connectivity index (χ2n) is 4.22. The Hall–Kier alpha value is -1.36. The summed E-state index contributed by atoms with van der Waals surface area (Å²) in [6.07, 6.45) is 0. The maximum Gasteiger partial charge on any atom is 0.308 e. The zero-order chi connectivity index (χ0) is 12.3. The minimum Gasteiger partial charge on any atom is -0.481 e. The van der Waals surface area contributed by atoms with Gasteiger partial charge in [-0.25, -0.2) is 0 Å². The molecule has 0 saturated carbocycles. The van der Waals surface area contributed by atoms with E-state index in [1.165, 1.54) is 0 Å². The Labute approximate surface area is 94.9 Å². The largest absolute Gasteiger partial charge is 0.481 e. The number of carbonyl (C=O) groups excluding carboxylic acids is 1. The SMILES string of the molecule is CC(C(=O)NC(C)C(C)C(=O)O)=C1CNC1. The first kappa shape index (κ1) is 12.7. The monoisotopic (exact) mass is 226 g/mol. The second kappa shape index (κ2) is 5.12. The van der Waals surface area contributed by atoms with E-state index in [4.69, 9.17) is 5.11 Å². The number of carboxylic acid groups (broad SMARTS) is 1. The van der Waals surface area contributed by atoms with Gasteiger partial charge in [0.15, 0.2) is 0 Å². The Kier molecular flexibility index (Phi) is 4.06. The molecule has 5 nitrogen and oxygen atoms in total. The molecule has 3 N–H and O–H groups in total. The topological polar surface area (TPSA) is 78.4 Å². The van der Waals surface area contributed by atoms with Crippen molar-refractivity contribution in [2.24, 2.45) is 5.92 Å². The molecule has 1 aliphatic heterocycles. The van der Waals surface area contributed by atoms with Crippen LogP contribution in [0.3, 0.4) is 0 Å². The molecule has 1 amide bonds. The van der Waals surface area contributed by atoms with Crippen LogP contribution >= 0.6 is 0 Å². The van der Waals surface area contributed by atoms with Gasteiger partial charge in [-0.15, -0.1) is 0 Å². The van der Waals surface area contributed by atoms with E-state index in [2.05, 4.69) is 10.6 Å². The Morgan fingerprint density at radius 2 is 1.94 bits per heavy atom. The van der Waals surface area contributed by atoms with Gasteiger partial charge in [0.25, 0.3) is 0 Å². The molecule has 0 bridgehead atoms. The first-order valence-corrected chi connectivity index (χ1v) is 5.36. The summed E-state index contributed by atoms with van der Waals surface area (Å²) in [6, 6.07) is -0.367. The highest BCUT2D eigenvalue weighted by atomic mass is 16.4. The van der Waals surface area contributed by atoms with Crippen LogP contribution in [0.25, 0.3) is 0 Å². The van der Waals surface area contributed by atoms with E-state index in [-0.39, 0.29) is 11.9 Å². The van der Waals surface area contributed by atoms with Crippen molar-refractivity contribution in [2.75, 3.05) is 13.1 Å². The fourth-order valence-corrected chi connectivity index (χ4v) is 1.33. The minimum absolute atomic E-state index is 0.169. The van der Waals surface area contributed by atoms with Gasteiger partial charge in [0.1, 0.15) is 0 Å². The number of carboxylic acids is 1. The maximum atomic E-state index is 11.7. The Balaban J connectivity index is 2.54. The lowest BCUT2D eigenvalue weighted by atomic mass is 10.0. The molecule has 1 saturated heterocycles. The van der Waals surface area contributed by atoms with Crippen LogP contribution in [0.1, 0.15) is 20.8 Å². The molecule has 2 unspecified atom stereocenters. The summed E-state index contributed by atoms with van der Waals surface area (Å²) in [5, 5.41) is 14.6. The standard InChI is InChI=1S/C11H18N2O3/c1-6(11(15)16)8(3)13-10(14)7(2)9-4-12-5-9/h6,8,12H,4-5H2,1-3H3,(H,13,14)(H,15,16). The van der Waals surface area contributed by atoms with Crippen LogP contribution in [0.5, 0.6) is 0 Å². The van der Waals surface area contributed by atoms with Crippen molar-refractivity contribution in [3.63, 3.8) is 0 Å². The third-order valence-corrected chi connectivity index (χ3v) is 3.05. The molecule has 0 aromatic rings. The fourth-order valence-electron chi connectivity index (χ4n) is 1.33. The maximum absolute atomic E-state index is 11.7. The van der Waals surface area contributed by atoms with E-state index in [9.17, 15) is 9.59 Å². The molecule has 16 heavy (non-hydrogen) atoms. The smallest absolute Gasteiger partial charge is 0.308 e. The van der Waals surface area contributed by atoms with Crippen LogP contribution in [-0.4, -0.2) is 36.1 Å². The van der Waals surface area contributed by atoms with Crippen LogP contribution in [0, 0.1) is 5.92 Å². The average Bonchev–Trinajstić information content (AvgIpc) is 2.13. The van der Waals surface area contributed by atoms with Gasteiger partial charge in [-0.1, -0.05) is 0 Å². The zero-order valence-corrected chi connectivity index (χ0v) is 9.83. The molecule has 1 aliphatic rings. The van der Waals surface area contributed by atoms with E-state index in [1.54, 1.807) is 20.8 Å². The third-order valence-electron chi connectivity index (χ3n) is 3.05. The van der Waals surface area contributed by atoms with Crippen molar-refractivity contribution >= 4 is 11.9 Å². The van der Waals surface area contributed by atoms with Gasteiger partial charge in [-0.05, 0) is 26.3 Å². The summed E-state index contributed by atoms with van der Waals surface area (Å²) in [4.78, 5) is 22.4. The molecule has 1 heterocycles. The van der Waals surface area contributed by atoms with Gasteiger partial charge in [-0.2, -0.15) is 0 Å². The first-order valence-electron chi connectivity index (χ1n) is 5.36. The van der Waals surface area contributed by atoms with E-state index in [0.717, 1.165) is 18.7 Å². The summed E-state index contributed by atoms with van der Waals surface area (Å²) in [7, 11) is 0. The highest BCUT2D eigenvalue weighted by molar-refractivity contribution is 5.94. The summed E-state index contributed by atoms with van der Waals surface area (Å²) in [5.41, 5.74) is 1.79. The van der Waals surface area contributed by atoms with E-state index in [1.807, 2.05) is 0 Å². The van der Waals surface area contributed by atoms with Crippen molar-refractivity contribution in [3.05, 3.63) is 11.1 Å². The molecule has 0 aliphatic carbocycles. The van der Waals surface area contributed by atoms with Gasteiger partial charge in [0.2, 0.25) is 5.91 Å². The summed E-state index contributed by atoms with van der Waals surface area (Å²) in [6.45, 7) is 6.56. The lowest BCUT2D eigenvalue weighted by Crippen LogP contribution is -2.43. The number of hydrogen-bond donors (Lipinski definition) is 3. The van der Waals surface area contributed by atoms with Gasteiger partial charge in [0.05, 0.1) is 5.92 Å². The van der Waals surface area contributed by atoms with E-state index < -0.39 is 11.9 Å². The van der Waals surface area contributed by atoms with Gasteiger partial charge < -0.3 is 15.7 Å². The minimum atomic E-state index is -0.900. The number of nitrogens with one attached hydrogen (secondary N) is 2. The zero-order valence-electron chi connectivity index (χ0n) is 9.83. The first-order chi connectivity index (χ1) is 7.43. The van der Waals surface area contributed by atoms with Gasteiger partial charge in [-0.3, -0.25) is 9.59 Å². The molecule has 5 heteroatoms. The van der Waals surface area contributed by atoms with E-state index >= 15 is 0 Å². The predicted octanol–water partition coefficient (Wildman–Crippen LogP) is 0.132. The molecular weight excluding hydrogens is 208 g/mol. The van der Waals surface area contributed by atoms with Crippen molar-refractivity contribution in [3.8, 4) is 0 Å². The number of aliphatic carboxylic acids is 1. The lowest BCUT2D eigenvalue weighted by Gasteiger charge is -2.23. The van der Waals surface area contributed by atoms with Crippen molar-refractivity contribution in [1.29, 1.82) is 0 Å². The van der Waals surface area contributed by atoms with Crippen molar-refractivity contribution in [2.45, 2.75) is 26.8 Å². The molecule has 2 atom stereocenters. The van der Waals surface area contributed by atoms with Gasteiger partial charge >= 0.3 is 5.97 Å². The molecule has 1 fully saturated rings. The molecule has 0 aromatic heterocycles. The predicted molar refractivity (Wildman–Crippen MR) is 60.0 cm³/mol. The second-order valence-corrected chi connectivity index (χ2v) is 4.22. The normalized spacial score (nSPS) is 18.3. The van der Waals surface area contributed by atoms with Gasteiger partial charge in [0, 0.05) is 24.7 Å². The molecule has 0 spiro atoms. The Bertz CT molecular complexity index is 330. The third kappa shape index (κ3) is 2.82. The molecule has 90 valence electrons. The fraction of sp³-hybridized carbons (Fsp3) is 0.636. The van der Waals surface area contributed by atoms with Crippen LogP contribution in [0.15, 0.2) is 11.1 Å². The van der Waals surface area contributed by atoms with Crippen molar-refractivity contribution in [1.82, 2.24) is 10.6 Å². The summed E-state index contributed by atoms with van der Waals surface area (Å²) < 4.78 is 0. The quantitative estimate of drug-likeness (QED) is 0.595. The molecule has 0 aromatic carbocycles. The van der Waals surface area contributed by atoms with Crippen LogP contribution < -0.4 is 10.6 Å². The van der Waals surface area contributed by atoms with Crippen LogP contribution in [0.2, 0.25) is 0 Å². The van der Waals surface area contributed by atoms with Crippen LogP contribution in [-0.2, 0) is 9.59 Å². The summed E-state index contributed by atoms with van der Waals surface area (Å²) >= 11 is 0. The van der Waals surface area contributed by atoms with Crippen molar-refractivity contribution < 1.29 is 14.7 Å². The van der Waals surface area contributed by atoms with E-state index in [0.29, 0.717) is 5.57 Å². The Morgan fingerprint density at radius 1 is 1.38 bits per heavy atom. The number of rotatable bonds is 4. The average molecular weight is 226 g/mol. The molecule has 1 rings (SSSR count). The highest BCUT2D eigenvalue weighted by Crippen LogP contribution is 2.10. The highest BCUT2D eigenvalue weighted by Gasteiger charge is 2.23. The number of amides is 1. The molecular formula is C11H18N2O3. The van der Waals surface area contributed by atoms with Crippen LogP contribution in [0.4, 0.5) is 0 Å². The Morgan fingerprint density at radius 3 is 2.31 bits per heavy atom. The number of hydrogen-bond acceptors (Lipinski definition) is 3. The summed E-state index contributed by atoms with van der Waals surface area (Å²) in [5.74, 6) is -1.65. The number of carbonyl (C=O) groups is 2. The molecule has 0 radical (unpaired) electrons.